The fraction of sp³-hybridized carbons (Fsp3) is 0.700. The van der Waals surface area contributed by atoms with E-state index in [1.807, 2.05) is 20.8 Å². The average Bonchev–Trinajstić information content (AvgIpc) is 1.94. The largest absolute Gasteiger partial charge is 0.444 e. The number of rotatable bonds is 4. The fourth-order valence-corrected chi connectivity index (χ4v) is 1.07. The summed E-state index contributed by atoms with van der Waals surface area (Å²) in [4.78, 5) is 11.1. The van der Waals surface area contributed by atoms with E-state index in [0.717, 1.165) is 17.3 Å². The average molecular weight is 264 g/mol. The van der Waals surface area contributed by atoms with E-state index in [2.05, 4.69) is 27.8 Å². The Balaban J connectivity index is 3.50. The molecule has 0 spiro atoms. The Hall–Kier alpha value is -0.510. The summed E-state index contributed by atoms with van der Waals surface area (Å²) in [6, 6.07) is 0. The Morgan fingerprint density at radius 2 is 2.07 bits per heavy atom. The first kappa shape index (κ1) is 13.5. The Labute approximate surface area is 94.0 Å². The highest BCUT2D eigenvalue weighted by molar-refractivity contribution is 9.11. The van der Waals surface area contributed by atoms with Crippen LogP contribution >= 0.6 is 15.9 Å². The van der Waals surface area contributed by atoms with Crippen LogP contribution in [0.5, 0.6) is 0 Å². The molecule has 0 unspecified atom stereocenters. The lowest BCUT2D eigenvalue weighted by molar-refractivity contribution is 0.0527. The zero-order chi connectivity index (χ0) is 11.2. The molecule has 3 nitrogen and oxygen atoms in total. The summed E-state index contributed by atoms with van der Waals surface area (Å²) in [5.41, 5.74) is -0.427. The first-order valence-electron chi connectivity index (χ1n) is 4.61. The fourth-order valence-electron chi connectivity index (χ4n) is 0.785. The maximum absolute atomic E-state index is 11.1. The van der Waals surface area contributed by atoms with Crippen molar-refractivity contribution in [3.05, 3.63) is 11.1 Å². The van der Waals surface area contributed by atoms with Gasteiger partial charge in [0.25, 0.3) is 0 Å². The number of ether oxygens (including phenoxy) is 1. The molecule has 0 aromatic carbocycles. The van der Waals surface area contributed by atoms with Crippen molar-refractivity contribution >= 4 is 22.0 Å². The molecule has 4 heteroatoms. The third-order valence-corrected chi connectivity index (χ3v) is 1.69. The molecule has 0 saturated carbocycles. The van der Waals surface area contributed by atoms with Crippen molar-refractivity contribution in [3.63, 3.8) is 0 Å². The summed E-state index contributed by atoms with van der Waals surface area (Å²) >= 11 is 3.25. The molecule has 0 saturated heterocycles. The molecule has 0 aliphatic heterocycles. The van der Waals surface area contributed by atoms with E-state index >= 15 is 0 Å². The predicted molar refractivity (Wildman–Crippen MR) is 61.5 cm³/mol. The van der Waals surface area contributed by atoms with Crippen LogP contribution in [0.3, 0.4) is 0 Å². The molecular weight excluding hydrogens is 246 g/mol. The second kappa shape index (κ2) is 6.06. The summed E-state index contributed by atoms with van der Waals surface area (Å²) in [5.74, 6) is 0. The molecule has 0 heterocycles. The van der Waals surface area contributed by atoms with Gasteiger partial charge in [0, 0.05) is 6.54 Å². The lowest BCUT2D eigenvalue weighted by Crippen LogP contribution is -2.32. The van der Waals surface area contributed by atoms with Crippen molar-refractivity contribution in [3.8, 4) is 0 Å². The van der Waals surface area contributed by atoms with Gasteiger partial charge in [-0.3, -0.25) is 0 Å². The number of halogens is 1. The zero-order valence-corrected chi connectivity index (χ0v) is 10.6. The van der Waals surface area contributed by atoms with Crippen LogP contribution in [0, 0.1) is 0 Å². The van der Waals surface area contributed by atoms with Crippen LogP contribution < -0.4 is 5.32 Å². The number of alkyl carbamates (subject to hydrolysis) is 1. The van der Waals surface area contributed by atoms with Crippen molar-refractivity contribution in [1.82, 2.24) is 5.32 Å². The predicted octanol–water partition coefficient (Wildman–Crippen LogP) is 3.20. The van der Waals surface area contributed by atoms with Crippen LogP contribution in [0.15, 0.2) is 11.1 Å². The van der Waals surface area contributed by atoms with Crippen molar-refractivity contribution < 1.29 is 9.53 Å². The summed E-state index contributed by atoms with van der Waals surface area (Å²) in [6.45, 7) is 9.84. The maximum atomic E-state index is 11.1. The Morgan fingerprint density at radius 1 is 1.50 bits per heavy atom. The standard InChI is InChI=1S/C10H18BrNO2/c1-8(11)6-5-7-12-9(13)14-10(2,3)4/h1,5-7H2,2-4H3,(H,12,13). The smallest absolute Gasteiger partial charge is 0.407 e. The minimum absolute atomic E-state index is 0.363. The van der Waals surface area contributed by atoms with Crippen LogP contribution in [0.2, 0.25) is 0 Å². The Kier molecular flexibility index (Phi) is 5.84. The maximum Gasteiger partial charge on any atom is 0.407 e. The lowest BCUT2D eigenvalue weighted by atomic mass is 10.2. The molecule has 0 aromatic heterocycles. The second-order valence-corrected chi connectivity index (χ2v) is 5.17. The van der Waals surface area contributed by atoms with Gasteiger partial charge in [0.15, 0.2) is 0 Å². The molecule has 0 atom stereocenters. The van der Waals surface area contributed by atoms with Crippen LogP contribution in [-0.4, -0.2) is 18.2 Å². The minimum Gasteiger partial charge on any atom is -0.444 e. The third kappa shape index (κ3) is 9.58. The topological polar surface area (TPSA) is 38.3 Å². The molecule has 0 radical (unpaired) electrons. The van der Waals surface area contributed by atoms with Gasteiger partial charge in [0.05, 0.1) is 0 Å². The molecule has 0 aliphatic carbocycles. The van der Waals surface area contributed by atoms with Gasteiger partial charge in [0.1, 0.15) is 5.60 Å². The highest BCUT2D eigenvalue weighted by Gasteiger charge is 2.15. The van der Waals surface area contributed by atoms with Gasteiger partial charge in [-0.05, 0) is 38.1 Å². The van der Waals surface area contributed by atoms with Crippen LogP contribution in [0.25, 0.3) is 0 Å². The van der Waals surface area contributed by atoms with E-state index in [-0.39, 0.29) is 6.09 Å². The number of hydrogen-bond acceptors (Lipinski definition) is 2. The van der Waals surface area contributed by atoms with E-state index in [1.165, 1.54) is 0 Å². The number of nitrogens with one attached hydrogen (secondary N) is 1. The molecule has 82 valence electrons. The zero-order valence-electron chi connectivity index (χ0n) is 9.02. The van der Waals surface area contributed by atoms with Crippen molar-refractivity contribution in [2.45, 2.75) is 39.2 Å². The van der Waals surface area contributed by atoms with Gasteiger partial charge < -0.3 is 10.1 Å². The molecule has 0 aliphatic rings. The van der Waals surface area contributed by atoms with E-state index in [9.17, 15) is 4.79 Å². The number of hydrogen-bond donors (Lipinski definition) is 1. The normalized spacial score (nSPS) is 10.9. The van der Waals surface area contributed by atoms with E-state index in [1.54, 1.807) is 0 Å². The van der Waals surface area contributed by atoms with Crippen molar-refractivity contribution in [2.24, 2.45) is 0 Å². The van der Waals surface area contributed by atoms with Crippen molar-refractivity contribution in [1.29, 1.82) is 0 Å². The third-order valence-electron chi connectivity index (χ3n) is 1.29. The van der Waals surface area contributed by atoms with Gasteiger partial charge in [0.2, 0.25) is 0 Å². The highest BCUT2D eigenvalue weighted by atomic mass is 79.9. The van der Waals surface area contributed by atoms with E-state index in [0.29, 0.717) is 6.54 Å². The number of amides is 1. The summed E-state index contributed by atoms with van der Waals surface area (Å²) in [5, 5.41) is 2.67. The number of carbonyl (C=O) groups excluding carboxylic acids is 1. The van der Waals surface area contributed by atoms with Gasteiger partial charge in [-0.15, -0.1) is 0 Å². The monoisotopic (exact) mass is 263 g/mol. The molecule has 0 aromatic rings. The molecule has 0 bridgehead atoms. The van der Waals surface area contributed by atoms with Gasteiger partial charge in [-0.2, -0.15) is 0 Å². The van der Waals surface area contributed by atoms with E-state index < -0.39 is 5.60 Å². The minimum atomic E-state index is -0.427. The SMILES string of the molecule is C=C(Br)CCCNC(=O)OC(C)(C)C. The molecular formula is C10H18BrNO2. The second-order valence-electron chi connectivity index (χ2n) is 4.05. The first-order chi connectivity index (χ1) is 6.31. The van der Waals surface area contributed by atoms with Crippen LogP contribution in [0.1, 0.15) is 33.6 Å². The molecule has 1 amide bonds. The molecule has 0 rings (SSSR count). The molecule has 14 heavy (non-hydrogen) atoms. The van der Waals surface area contributed by atoms with Gasteiger partial charge in [-0.25, -0.2) is 4.79 Å². The Bertz CT molecular complexity index is 209. The highest BCUT2D eigenvalue weighted by Crippen LogP contribution is 2.09. The van der Waals surface area contributed by atoms with E-state index in [4.69, 9.17) is 4.74 Å². The van der Waals surface area contributed by atoms with Gasteiger partial charge in [-0.1, -0.05) is 22.5 Å². The molecule has 1 N–H and O–H groups in total. The van der Waals surface area contributed by atoms with Gasteiger partial charge >= 0.3 is 6.09 Å². The van der Waals surface area contributed by atoms with Crippen LogP contribution in [0.4, 0.5) is 4.79 Å². The lowest BCUT2D eigenvalue weighted by Gasteiger charge is -2.19. The number of allylic oxidation sites excluding steroid dienone is 1. The summed E-state index contributed by atoms with van der Waals surface area (Å²) in [7, 11) is 0. The quantitative estimate of drug-likeness (QED) is 0.792. The molecule has 0 fully saturated rings. The summed E-state index contributed by atoms with van der Waals surface area (Å²) < 4.78 is 6.01. The summed E-state index contributed by atoms with van der Waals surface area (Å²) in [6.07, 6.45) is 1.36. The van der Waals surface area contributed by atoms with Crippen LogP contribution in [-0.2, 0) is 4.74 Å². The number of carbonyl (C=O) groups is 1. The van der Waals surface area contributed by atoms with Crippen molar-refractivity contribution in [2.75, 3.05) is 6.54 Å². The Morgan fingerprint density at radius 3 is 2.50 bits per heavy atom. The first-order valence-corrected chi connectivity index (χ1v) is 5.41.